The van der Waals surface area contributed by atoms with Crippen molar-refractivity contribution in [1.29, 1.82) is 0 Å². The number of aryl methyl sites for hydroxylation is 1. The van der Waals surface area contributed by atoms with Crippen molar-refractivity contribution in [3.05, 3.63) is 56.7 Å². The Balaban J connectivity index is 1.48. The summed E-state index contributed by atoms with van der Waals surface area (Å²) < 4.78 is 15.7. The summed E-state index contributed by atoms with van der Waals surface area (Å²) in [6, 6.07) is 5.47. The van der Waals surface area contributed by atoms with Crippen LogP contribution in [0.2, 0.25) is 0 Å². The maximum atomic E-state index is 13.3. The van der Waals surface area contributed by atoms with E-state index in [4.69, 9.17) is 0 Å². The van der Waals surface area contributed by atoms with Crippen LogP contribution in [0.15, 0.2) is 33.9 Å². The third kappa shape index (κ3) is 3.41. The fourth-order valence-electron chi connectivity index (χ4n) is 3.66. The number of anilines is 1. The van der Waals surface area contributed by atoms with Crippen LogP contribution >= 0.6 is 0 Å². The summed E-state index contributed by atoms with van der Waals surface area (Å²) in [5.74, 6) is 0.274. The number of amides is 2. The Labute approximate surface area is 164 Å². The summed E-state index contributed by atoms with van der Waals surface area (Å²) >= 11 is 0. The summed E-state index contributed by atoms with van der Waals surface area (Å²) in [5, 5.41) is 2.70. The number of imidazole rings is 1. The number of hydrogen-bond acceptors (Lipinski definition) is 4. The molecule has 1 fully saturated rings. The highest BCUT2D eigenvalue weighted by Gasteiger charge is 2.27. The van der Waals surface area contributed by atoms with Crippen LogP contribution in [0.3, 0.4) is 0 Å². The quantitative estimate of drug-likeness (QED) is 0.680. The molecule has 9 nitrogen and oxygen atoms in total. The lowest BCUT2D eigenvalue weighted by Gasteiger charge is -2.31. The molecule has 1 aliphatic heterocycles. The molecule has 29 heavy (non-hydrogen) atoms. The Morgan fingerprint density at radius 1 is 1.21 bits per heavy atom. The zero-order valence-electron chi connectivity index (χ0n) is 16.1. The van der Waals surface area contributed by atoms with E-state index in [-0.39, 0.29) is 11.9 Å². The number of fused-ring (bicyclic) bond motifs is 1. The Morgan fingerprint density at radius 3 is 2.62 bits per heavy atom. The van der Waals surface area contributed by atoms with Crippen molar-refractivity contribution in [3.8, 4) is 0 Å². The maximum absolute atomic E-state index is 13.3. The molecule has 1 aliphatic rings. The van der Waals surface area contributed by atoms with Gasteiger partial charge in [-0.25, -0.2) is 19.0 Å². The highest BCUT2D eigenvalue weighted by atomic mass is 19.1. The van der Waals surface area contributed by atoms with Gasteiger partial charge in [-0.05, 0) is 31.0 Å². The monoisotopic (exact) mass is 400 g/mol. The van der Waals surface area contributed by atoms with Crippen molar-refractivity contribution in [2.75, 3.05) is 18.4 Å². The average molecular weight is 400 g/mol. The van der Waals surface area contributed by atoms with Gasteiger partial charge in [-0.2, -0.15) is 0 Å². The lowest BCUT2D eigenvalue weighted by Crippen LogP contribution is -2.40. The van der Waals surface area contributed by atoms with Crippen LogP contribution in [-0.2, 0) is 14.1 Å². The first-order valence-corrected chi connectivity index (χ1v) is 9.32. The minimum atomic E-state index is -0.426. The number of halogens is 1. The predicted molar refractivity (Wildman–Crippen MR) is 106 cm³/mol. The van der Waals surface area contributed by atoms with Gasteiger partial charge in [0.1, 0.15) is 17.2 Å². The van der Waals surface area contributed by atoms with E-state index in [1.165, 1.54) is 29.8 Å². The van der Waals surface area contributed by atoms with Crippen LogP contribution < -0.4 is 16.6 Å². The van der Waals surface area contributed by atoms with E-state index in [9.17, 15) is 18.8 Å². The lowest BCUT2D eigenvalue weighted by molar-refractivity contribution is 0.193. The number of benzene rings is 1. The van der Waals surface area contributed by atoms with Crippen molar-refractivity contribution < 1.29 is 9.18 Å². The van der Waals surface area contributed by atoms with Crippen molar-refractivity contribution in [2.24, 2.45) is 14.1 Å². The van der Waals surface area contributed by atoms with Crippen LogP contribution in [0.4, 0.5) is 14.9 Å². The van der Waals surface area contributed by atoms with Crippen LogP contribution in [-0.4, -0.2) is 43.1 Å². The zero-order chi connectivity index (χ0) is 20.7. The Bertz CT molecular complexity index is 1200. The minimum absolute atomic E-state index is 0.0421. The molecule has 0 unspecified atom stereocenters. The summed E-state index contributed by atoms with van der Waals surface area (Å²) in [5.41, 5.74) is 0.208. The smallest absolute Gasteiger partial charge is 0.332 e. The highest BCUT2D eigenvalue weighted by molar-refractivity contribution is 5.89. The number of piperidine rings is 1. The summed E-state index contributed by atoms with van der Waals surface area (Å²) in [6.07, 6.45) is 1.31. The maximum Gasteiger partial charge on any atom is 0.332 e. The number of rotatable bonds is 2. The van der Waals surface area contributed by atoms with Crippen LogP contribution in [0.25, 0.3) is 11.2 Å². The van der Waals surface area contributed by atoms with Gasteiger partial charge in [0.25, 0.3) is 5.56 Å². The highest BCUT2D eigenvalue weighted by Crippen LogP contribution is 2.27. The molecule has 0 aliphatic carbocycles. The second kappa shape index (κ2) is 7.19. The number of hydrogen-bond donors (Lipinski definition) is 2. The van der Waals surface area contributed by atoms with Gasteiger partial charge in [0, 0.05) is 38.8 Å². The first-order valence-electron chi connectivity index (χ1n) is 9.32. The molecule has 2 N–H and O–H groups in total. The van der Waals surface area contributed by atoms with E-state index < -0.39 is 17.1 Å². The normalized spacial score (nSPS) is 15.1. The first-order chi connectivity index (χ1) is 13.8. The van der Waals surface area contributed by atoms with Crippen LogP contribution in [0.1, 0.15) is 24.6 Å². The molecule has 3 heterocycles. The van der Waals surface area contributed by atoms with E-state index in [1.54, 1.807) is 18.0 Å². The van der Waals surface area contributed by atoms with Gasteiger partial charge in [-0.3, -0.25) is 13.9 Å². The van der Waals surface area contributed by atoms with E-state index in [0.717, 1.165) is 4.57 Å². The largest absolute Gasteiger partial charge is 0.336 e. The first kappa shape index (κ1) is 18.9. The minimum Gasteiger partial charge on any atom is -0.336 e. The Kier molecular flexibility index (Phi) is 4.69. The molecular formula is C19H21FN6O3. The lowest BCUT2D eigenvalue weighted by atomic mass is 9.96. The topological polar surface area (TPSA) is 105 Å². The molecule has 0 bridgehead atoms. The fraction of sp³-hybridized carbons (Fsp3) is 0.368. The number of aromatic amines is 1. The number of carbonyl (C=O) groups is 1. The van der Waals surface area contributed by atoms with Gasteiger partial charge in [0.05, 0.1) is 0 Å². The zero-order valence-corrected chi connectivity index (χ0v) is 16.1. The molecule has 0 saturated carbocycles. The van der Waals surface area contributed by atoms with E-state index >= 15 is 0 Å². The molecule has 2 aromatic heterocycles. The van der Waals surface area contributed by atoms with Crippen LogP contribution in [0, 0.1) is 5.82 Å². The van der Waals surface area contributed by atoms with Gasteiger partial charge >= 0.3 is 11.7 Å². The van der Waals surface area contributed by atoms with Gasteiger partial charge in [0.15, 0.2) is 5.65 Å². The summed E-state index contributed by atoms with van der Waals surface area (Å²) in [6.45, 7) is 1.000. The van der Waals surface area contributed by atoms with Gasteiger partial charge in [0.2, 0.25) is 0 Å². The van der Waals surface area contributed by atoms with E-state index in [1.807, 2.05) is 0 Å². The molecule has 10 heteroatoms. The molecule has 4 rings (SSSR count). The molecular weight excluding hydrogens is 379 g/mol. The third-order valence-electron chi connectivity index (χ3n) is 5.36. The number of H-pyrrole nitrogens is 1. The SMILES string of the molecule is Cn1c(=O)c2[nH]c(C3CCN(C(=O)Nc4cccc(F)c4)CC3)nc2n(C)c1=O. The Hall–Kier alpha value is -3.43. The van der Waals surface area contributed by atoms with Crippen molar-refractivity contribution >= 4 is 22.9 Å². The summed E-state index contributed by atoms with van der Waals surface area (Å²) in [7, 11) is 3.01. The van der Waals surface area contributed by atoms with Crippen molar-refractivity contribution in [1.82, 2.24) is 24.0 Å². The fourth-order valence-corrected chi connectivity index (χ4v) is 3.66. The van der Waals surface area contributed by atoms with Gasteiger partial charge in [-0.1, -0.05) is 6.07 Å². The Morgan fingerprint density at radius 2 is 1.93 bits per heavy atom. The van der Waals surface area contributed by atoms with E-state index in [0.29, 0.717) is 48.6 Å². The number of nitrogens with zero attached hydrogens (tertiary/aromatic N) is 4. The van der Waals surface area contributed by atoms with Crippen molar-refractivity contribution in [2.45, 2.75) is 18.8 Å². The molecule has 0 atom stereocenters. The average Bonchev–Trinajstić information content (AvgIpc) is 3.16. The predicted octanol–water partition coefficient (Wildman–Crippen LogP) is 1.51. The molecule has 3 aromatic rings. The molecule has 0 radical (unpaired) electrons. The standard InChI is InChI=1S/C19H21FN6O3/c1-24-16-14(17(27)25(2)19(24)29)22-15(23-16)11-6-8-26(9-7-11)18(28)21-13-5-3-4-12(20)10-13/h3-5,10-11H,6-9H2,1-2H3,(H,21,28)(H,22,23). The number of carbonyl (C=O) groups excluding carboxylic acids is 1. The van der Waals surface area contributed by atoms with Crippen molar-refractivity contribution in [3.63, 3.8) is 0 Å². The molecule has 0 spiro atoms. The molecule has 1 saturated heterocycles. The number of aromatic nitrogens is 4. The van der Waals surface area contributed by atoms with Gasteiger partial charge in [-0.15, -0.1) is 0 Å². The second-order valence-corrected chi connectivity index (χ2v) is 7.23. The number of nitrogens with one attached hydrogen (secondary N) is 2. The molecule has 1 aromatic carbocycles. The summed E-state index contributed by atoms with van der Waals surface area (Å²) in [4.78, 5) is 46.0. The van der Waals surface area contributed by atoms with E-state index in [2.05, 4.69) is 15.3 Å². The van der Waals surface area contributed by atoms with Gasteiger partial charge < -0.3 is 15.2 Å². The number of urea groups is 1. The van der Waals surface area contributed by atoms with Crippen LogP contribution in [0.5, 0.6) is 0 Å². The molecule has 2 amide bonds. The second-order valence-electron chi connectivity index (χ2n) is 7.23. The molecule has 152 valence electrons. The third-order valence-corrected chi connectivity index (χ3v) is 5.36. The number of likely N-dealkylation sites (tertiary alicyclic amines) is 1.